The Hall–Kier alpha value is -1.46. The SMILES string of the molecule is CNCC(O)c1c(O)ccc2c1OCCCO2. The van der Waals surface area contributed by atoms with Crippen molar-refractivity contribution >= 4 is 0 Å². The first-order valence-corrected chi connectivity index (χ1v) is 5.68. The summed E-state index contributed by atoms with van der Waals surface area (Å²) in [5, 5.41) is 22.7. The maximum atomic E-state index is 9.99. The van der Waals surface area contributed by atoms with Gasteiger partial charge in [0.1, 0.15) is 5.75 Å². The number of phenols is 1. The summed E-state index contributed by atoms with van der Waals surface area (Å²) in [6.07, 6.45) is -0.0339. The lowest BCUT2D eigenvalue weighted by Gasteiger charge is -2.18. The molecule has 1 atom stereocenters. The molecule has 3 N–H and O–H groups in total. The van der Waals surface area contributed by atoms with Crippen LogP contribution in [0.2, 0.25) is 0 Å². The van der Waals surface area contributed by atoms with Crippen LogP contribution in [0, 0.1) is 0 Å². The van der Waals surface area contributed by atoms with Crippen molar-refractivity contribution in [3.8, 4) is 17.2 Å². The lowest BCUT2D eigenvalue weighted by atomic mass is 10.1. The van der Waals surface area contributed by atoms with Crippen LogP contribution in [0.25, 0.3) is 0 Å². The van der Waals surface area contributed by atoms with Gasteiger partial charge in [-0.1, -0.05) is 0 Å². The normalized spacial score (nSPS) is 16.4. The Bertz CT molecular complexity index is 394. The molecule has 0 saturated heterocycles. The number of rotatable bonds is 3. The quantitative estimate of drug-likeness (QED) is 0.728. The minimum Gasteiger partial charge on any atom is -0.507 e. The molecule has 1 heterocycles. The summed E-state index contributed by atoms with van der Waals surface area (Å²) in [5.41, 5.74) is 0.388. The number of benzene rings is 1. The van der Waals surface area contributed by atoms with Gasteiger partial charge in [0.05, 0.1) is 24.9 Å². The number of fused-ring (bicyclic) bond motifs is 1. The summed E-state index contributed by atoms with van der Waals surface area (Å²) in [5.74, 6) is 1.05. The molecule has 1 unspecified atom stereocenters. The molecule has 1 aliphatic heterocycles. The number of phenolic OH excluding ortho intramolecular Hbond substituents is 1. The van der Waals surface area contributed by atoms with Gasteiger partial charge in [-0.3, -0.25) is 0 Å². The molecule has 0 spiro atoms. The monoisotopic (exact) mass is 239 g/mol. The minimum absolute atomic E-state index is 0.0250. The smallest absolute Gasteiger partial charge is 0.170 e. The highest BCUT2D eigenvalue weighted by Gasteiger charge is 2.23. The van der Waals surface area contributed by atoms with Crippen LogP contribution in [0.15, 0.2) is 12.1 Å². The first kappa shape index (κ1) is 12.0. The van der Waals surface area contributed by atoms with E-state index < -0.39 is 6.10 Å². The van der Waals surface area contributed by atoms with E-state index in [9.17, 15) is 10.2 Å². The fraction of sp³-hybridized carbons (Fsp3) is 0.500. The standard InChI is InChI=1S/C12H17NO4/c1-13-7-9(15)11-8(14)3-4-10-12(11)17-6-2-5-16-10/h3-4,9,13-15H,2,5-7H2,1H3. The third-order valence-electron chi connectivity index (χ3n) is 2.66. The van der Waals surface area contributed by atoms with Gasteiger partial charge in [0.15, 0.2) is 11.5 Å². The molecule has 17 heavy (non-hydrogen) atoms. The molecule has 94 valence electrons. The maximum absolute atomic E-state index is 9.99. The molecule has 0 aromatic heterocycles. The lowest BCUT2D eigenvalue weighted by Crippen LogP contribution is -2.17. The Morgan fingerprint density at radius 3 is 2.88 bits per heavy atom. The predicted molar refractivity (Wildman–Crippen MR) is 62.6 cm³/mol. The number of aliphatic hydroxyl groups is 1. The number of likely N-dealkylation sites (N-methyl/N-ethyl adjacent to an activating group) is 1. The van der Waals surface area contributed by atoms with Crippen molar-refractivity contribution in [2.75, 3.05) is 26.8 Å². The molecule has 5 nitrogen and oxygen atoms in total. The average molecular weight is 239 g/mol. The zero-order valence-electron chi connectivity index (χ0n) is 9.77. The van der Waals surface area contributed by atoms with Crippen molar-refractivity contribution in [3.05, 3.63) is 17.7 Å². The van der Waals surface area contributed by atoms with Crippen molar-refractivity contribution in [2.45, 2.75) is 12.5 Å². The second kappa shape index (κ2) is 5.25. The van der Waals surface area contributed by atoms with E-state index in [0.29, 0.717) is 36.8 Å². The van der Waals surface area contributed by atoms with Crippen LogP contribution in [0.5, 0.6) is 17.2 Å². The van der Waals surface area contributed by atoms with Crippen LogP contribution in [-0.2, 0) is 0 Å². The molecular weight excluding hydrogens is 222 g/mol. The summed E-state index contributed by atoms with van der Waals surface area (Å²) >= 11 is 0. The number of nitrogens with one attached hydrogen (secondary N) is 1. The van der Waals surface area contributed by atoms with E-state index in [1.165, 1.54) is 6.07 Å². The zero-order chi connectivity index (χ0) is 12.3. The Balaban J connectivity index is 2.41. The topological polar surface area (TPSA) is 71.0 Å². The fourth-order valence-corrected chi connectivity index (χ4v) is 1.86. The van der Waals surface area contributed by atoms with Crippen LogP contribution in [-0.4, -0.2) is 37.0 Å². The first-order chi connectivity index (χ1) is 8.24. The van der Waals surface area contributed by atoms with Crippen molar-refractivity contribution in [1.82, 2.24) is 5.32 Å². The van der Waals surface area contributed by atoms with E-state index in [2.05, 4.69) is 5.32 Å². The Morgan fingerprint density at radius 2 is 2.12 bits per heavy atom. The van der Waals surface area contributed by atoms with Gasteiger partial charge in [0.2, 0.25) is 0 Å². The number of hydrogen-bond acceptors (Lipinski definition) is 5. The molecule has 0 amide bonds. The van der Waals surface area contributed by atoms with E-state index in [0.717, 1.165) is 6.42 Å². The van der Waals surface area contributed by atoms with E-state index in [-0.39, 0.29) is 5.75 Å². The summed E-state index contributed by atoms with van der Waals surface area (Å²) in [4.78, 5) is 0. The van der Waals surface area contributed by atoms with Gasteiger partial charge in [-0.05, 0) is 19.2 Å². The third kappa shape index (κ3) is 2.45. The summed E-state index contributed by atoms with van der Waals surface area (Å²) in [6.45, 7) is 1.45. The van der Waals surface area contributed by atoms with E-state index >= 15 is 0 Å². The number of aromatic hydroxyl groups is 1. The van der Waals surface area contributed by atoms with E-state index in [4.69, 9.17) is 9.47 Å². The van der Waals surface area contributed by atoms with Gasteiger partial charge in [0, 0.05) is 13.0 Å². The van der Waals surface area contributed by atoms with Crippen LogP contribution >= 0.6 is 0 Å². The molecule has 0 fully saturated rings. The Labute approximate surface area is 100.0 Å². The van der Waals surface area contributed by atoms with Gasteiger partial charge in [-0.25, -0.2) is 0 Å². The van der Waals surface area contributed by atoms with Gasteiger partial charge in [-0.15, -0.1) is 0 Å². The van der Waals surface area contributed by atoms with Gasteiger partial charge in [-0.2, -0.15) is 0 Å². The molecule has 5 heteroatoms. The Morgan fingerprint density at radius 1 is 1.35 bits per heavy atom. The molecule has 0 saturated carbocycles. The molecule has 0 aliphatic carbocycles. The van der Waals surface area contributed by atoms with E-state index in [1.807, 2.05) is 0 Å². The average Bonchev–Trinajstić information content (AvgIpc) is 2.54. The van der Waals surface area contributed by atoms with Crippen molar-refractivity contribution < 1.29 is 19.7 Å². The van der Waals surface area contributed by atoms with E-state index in [1.54, 1.807) is 13.1 Å². The lowest BCUT2D eigenvalue weighted by molar-refractivity contribution is 0.167. The fourth-order valence-electron chi connectivity index (χ4n) is 1.86. The van der Waals surface area contributed by atoms with Crippen LogP contribution in [0.3, 0.4) is 0 Å². The number of hydrogen-bond donors (Lipinski definition) is 3. The Kier molecular flexibility index (Phi) is 3.71. The van der Waals surface area contributed by atoms with Crippen LogP contribution in [0.1, 0.15) is 18.1 Å². The molecule has 1 aromatic rings. The zero-order valence-corrected chi connectivity index (χ0v) is 9.77. The summed E-state index contributed by atoms with van der Waals surface area (Å²) in [7, 11) is 1.74. The molecular formula is C12H17NO4. The molecule has 0 bridgehead atoms. The third-order valence-corrected chi connectivity index (χ3v) is 2.66. The molecule has 0 radical (unpaired) electrons. The highest BCUT2D eigenvalue weighted by atomic mass is 16.5. The van der Waals surface area contributed by atoms with Gasteiger partial charge >= 0.3 is 0 Å². The number of aliphatic hydroxyl groups excluding tert-OH is 1. The highest BCUT2D eigenvalue weighted by molar-refractivity contribution is 5.54. The summed E-state index contributed by atoms with van der Waals surface area (Å²) in [6, 6.07) is 3.17. The van der Waals surface area contributed by atoms with Gasteiger partial charge in [0.25, 0.3) is 0 Å². The molecule has 1 aromatic carbocycles. The van der Waals surface area contributed by atoms with Crippen LogP contribution in [0.4, 0.5) is 0 Å². The number of ether oxygens (including phenoxy) is 2. The maximum Gasteiger partial charge on any atom is 0.170 e. The second-order valence-corrected chi connectivity index (χ2v) is 3.95. The van der Waals surface area contributed by atoms with Gasteiger partial charge < -0.3 is 25.0 Å². The predicted octanol–water partition coefficient (Wildman–Crippen LogP) is 0.806. The molecule has 2 rings (SSSR count). The molecule has 1 aliphatic rings. The largest absolute Gasteiger partial charge is 0.507 e. The summed E-state index contributed by atoms with van der Waals surface area (Å²) < 4.78 is 11.1. The van der Waals surface area contributed by atoms with Crippen molar-refractivity contribution in [1.29, 1.82) is 0 Å². The highest BCUT2D eigenvalue weighted by Crippen LogP contribution is 2.41. The van der Waals surface area contributed by atoms with Crippen molar-refractivity contribution in [3.63, 3.8) is 0 Å². The van der Waals surface area contributed by atoms with Crippen molar-refractivity contribution in [2.24, 2.45) is 0 Å². The second-order valence-electron chi connectivity index (χ2n) is 3.95. The first-order valence-electron chi connectivity index (χ1n) is 5.68. The minimum atomic E-state index is -0.823. The van der Waals surface area contributed by atoms with Crippen LogP contribution < -0.4 is 14.8 Å².